The summed E-state index contributed by atoms with van der Waals surface area (Å²) < 4.78 is 5.80. The molecule has 3 rings (SSSR count). The number of ether oxygens (including phenoxy) is 1. The van der Waals surface area contributed by atoms with E-state index in [1.165, 1.54) is 5.56 Å². The van der Waals surface area contributed by atoms with E-state index in [4.69, 9.17) is 17.0 Å². The Morgan fingerprint density at radius 3 is 2.64 bits per heavy atom. The van der Waals surface area contributed by atoms with Crippen molar-refractivity contribution in [3.05, 3.63) is 59.4 Å². The number of benzene rings is 2. The minimum absolute atomic E-state index is 0.390. The van der Waals surface area contributed by atoms with Crippen molar-refractivity contribution in [2.24, 2.45) is 5.73 Å². The van der Waals surface area contributed by atoms with Crippen molar-refractivity contribution in [3.63, 3.8) is 0 Å². The Balaban J connectivity index is 1.90. The van der Waals surface area contributed by atoms with Crippen LogP contribution in [0.25, 0.3) is 4.85 Å². The van der Waals surface area contributed by atoms with E-state index < -0.39 is 0 Å². The Labute approximate surface area is 130 Å². The number of hydrogen-bond acceptors (Lipinski definition) is 3. The zero-order valence-corrected chi connectivity index (χ0v) is 12.6. The molecule has 0 radical (unpaired) electrons. The summed E-state index contributed by atoms with van der Waals surface area (Å²) in [7, 11) is 2.01. The summed E-state index contributed by atoms with van der Waals surface area (Å²) in [6.45, 7) is 8.39. The summed E-state index contributed by atoms with van der Waals surface area (Å²) in [6.07, 6.45) is 0.983. The lowest BCUT2D eigenvalue weighted by Crippen LogP contribution is -2.21. The van der Waals surface area contributed by atoms with Gasteiger partial charge in [-0.25, -0.2) is 4.85 Å². The third kappa shape index (κ3) is 2.63. The fourth-order valence-corrected chi connectivity index (χ4v) is 2.81. The maximum absolute atomic E-state index is 7.01. The van der Waals surface area contributed by atoms with Crippen LogP contribution >= 0.6 is 0 Å². The predicted octanol–water partition coefficient (Wildman–Crippen LogP) is 3.83. The first-order valence-electron chi connectivity index (χ1n) is 7.41. The van der Waals surface area contributed by atoms with Gasteiger partial charge in [-0.05, 0) is 36.7 Å². The average Bonchev–Trinajstić information content (AvgIpc) is 2.60. The quantitative estimate of drug-likeness (QED) is 0.875. The minimum atomic E-state index is 0.390. The Morgan fingerprint density at radius 1 is 1.23 bits per heavy atom. The molecular formula is C18H19N3O. The lowest BCUT2D eigenvalue weighted by Gasteiger charge is -2.27. The van der Waals surface area contributed by atoms with Gasteiger partial charge in [0.05, 0.1) is 13.2 Å². The van der Waals surface area contributed by atoms with Crippen LogP contribution in [0.3, 0.4) is 0 Å². The first-order chi connectivity index (χ1) is 10.7. The molecule has 0 saturated carbocycles. The van der Waals surface area contributed by atoms with Crippen LogP contribution in [-0.2, 0) is 0 Å². The molecule has 1 aliphatic heterocycles. The molecule has 1 atom stereocenters. The molecule has 0 unspecified atom stereocenters. The highest BCUT2D eigenvalue weighted by atomic mass is 16.5. The van der Waals surface area contributed by atoms with E-state index in [1.54, 1.807) is 0 Å². The Kier molecular flexibility index (Phi) is 3.99. The minimum Gasteiger partial charge on any atom is -0.493 e. The number of nitrogens with two attached hydrogens (primary N) is 1. The van der Waals surface area contributed by atoms with E-state index in [1.807, 2.05) is 31.3 Å². The maximum atomic E-state index is 7.01. The van der Waals surface area contributed by atoms with Crippen LogP contribution < -0.4 is 15.4 Å². The number of anilines is 2. The van der Waals surface area contributed by atoms with Gasteiger partial charge >= 0.3 is 0 Å². The Bertz CT molecular complexity index is 703. The summed E-state index contributed by atoms with van der Waals surface area (Å²) in [5.74, 6) is 1.32. The third-order valence-electron chi connectivity index (χ3n) is 4.20. The number of fused-ring (bicyclic) bond motifs is 1. The van der Waals surface area contributed by atoms with Gasteiger partial charge in [-0.1, -0.05) is 18.2 Å². The molecule has 0 fully saturated rings. The zero-order chi connectivity index (χ0) is 15.5. The van der Waals surface area contributed by atoms with E-state index in [0.717, 1.165) is 30.2 Å². The molecule has 2 aromatic carbocycles. The van der Waals surface area contributed by atoms with Gasteiger partial charge in [-0.3, -0.25) is 0 Å². The topological polar surface area (TPSA) is 42.9 Å². The van der Waals surface area contributed by atoms with Crippen molar-refractivity contribution >= 4 is 17.1 Å². The van der Waals surface area contributed by atoms with Crippen molar-refractivity contribution in [2.45, 2.75) is 12.3 Å². The second-order valence-electron chi connectivity index (χ2n) is 5.48. The molecule has 0 spiro atoms. The number of rotatable bonds is 3. The molecule has 4 heteroatoms. The lowest BCUT2D eigenvalue weighted by molar-refractivity contribution is 0.269. The van der Waals surface area contributed by atoms with E-state index in [9.17, 15) is 0 Å². The number of hydrogen-bond donors (Lipinski definition) is 1. The summed E-state index contributed by atoms with van der Waals surface area (Å²) in [5.41, 5.74) is 9.80. The zero-order valence-electron chi connectivity index (χ0n) is 12.6. The highest BCUT2D eigenvalue weighted by Crippen LogP contribution is 2.37. The van der Waals surface area contributed by atoms with Gasteiger partial charge in [0.15, 0.2) is 5.69 Å². The largest absolute Gasteiger partial charge is 0.493 e. The van der Waals surface area contributed by atoms with Gasteiger partial charge in [-0.15, -0.1) is 0 Å². The lowest BCUT2D eigenvalue weighted by atomic mass is 9.93. The van der Waals surface area contributed by atoms with E-state index >= 15 is 0 Å². The van der Waals surface area contributed by atoms with E-state index in [2.05, 4.69) is 27.9 Å². The Hall–Kier alpha value is -2.51. The smallest absolute Gasteiger partial charge is 0.187 e. The first kappa shape index (κ1) is 14.4. The van der Waals surface area contributed by atoms with Crippen molar-refractivity contribution in [2.75, 3.05) is 25.1 Å². The molecule has 0 aromatic heterocycles. The average molecular weight is 293 g/mol. The molecule has 0 aliphatic carbocycles. The molecule has 0 saturated heterocycles. The highest BCUT2D eigenvalue weighted by Gasteiger charge is 2.21. The van der Waals surface area contributed by atoms with Gasteiger partial charge in [0, 0.05) is 30.4 Å². The van der Waals surface area contributed by atoms with Gasteiger partial charge in [0.2, 0.25) is 0 Å². The van der Waals surface area contributed by atoms with Crippen LogP contribution in [0.5, 0.6) is 5.75 Å². The van der Waals surface area contributed by atoms with Crippen LogP contribution in [0.4, 0.5) is 17.1 Å². The molecule has 112 valence electrons. The molecular weight excluding hydrogens is 274 g/mol. The monoisotopic (exact) mass is 293 g/mol. The van der Waals surface area contributed by atoms with E-state index in [-0.39, 0.29) is 0 Å². The molecule has 2 N–H and O–H groups in total. The summed E-state index contributed by atoms with van der Waals surface area (Å²) in [4.78, 5) is 5.51. The van der Waals surface area contributed by atoms with E-state index in [0.29, 0.717) is 18.2 Å². The van der Waals surface area contributed by atoms with Gasteiger partial charge in [0.25, 0.3) is 0 Å². The first-order valence-corrected chi connectivity index (χ1v) is 7.41. The van der Waals surface area contributed by atoms with Gasteiger partial charge in [0.1, 0.15) is 5.75 Å². The predicted molar refractivity (Wildman–Crippen MR) is 89.1 cm³/mol. The molecule has 0 bridgehead atoms. The van der Waals surface area contributed by atoms with Crippen LogP contribution in [0.15, 0.2) is 42.5 Å². The second kappa shape index (κ2) is 6.08. The molecule has 1 heterocycles. The van der Waals surface area contributed by atoms with Crippen LogP contribution in [0, 0.1) is 6.57 Å². The summed E-state index contributed by atoms with van der Waals surface area (Å²) >= 11 is 0. The van der Waals surface area contributed by atoms with Crippen molar-refractivity contribution < 1.29 is 4.74 Å². The molecule has 2 aromatic rings. The van der Waals surface area contributed by atoms with Gasteiger partial charge < -0.3 is 15.4 Å². The van der Waals surface area contributed by atoms with Gasteiger partial charge in [-0.2, -0.15) is 0 Å². The molecule has 1 aliphatic rings. The van der Waals surface area contributed by atoms with Crippen molar-refractivity contribution in [1.29, 1.82) is 0 Å². The van der Waals surface area contributed by atoms with Crippen LogP contribution in [0.2, 0.25) is 0 Å². The second-order valence-corrected chi connectivity index (χ2v) is 5.48. The normalized spacial score (nSPS) is 16.3. The van der Waals surface area contributed by atoms with Crippen LogP contribution in [0.1, 0.15) is 17.9 Å². The summed E-state index contributed by atoms with van der Waals surface area (Å²) in [6, 6.07) is 13.9. The SMILES string of the molecule is [C-]#[N+]c1ccc(N(C)c2ccc3c(c2)OCC[C@H]3CN)cc1. The maximum Gasteiger partial charge on any atom is 0.187 e. The van der Waals surface area contributed by atoms with Crippen molar-refractivity contribution in [3.8, 4) is 5.75 Å². The fraction of sp³-hybridized carbons (Fsp3) is 0.278. The third-order valence-corrected chi connectivity index (χ3v) is 4.20. The fourth-order valence-electron chi connectivity index (χ4n) is 2.81. The highest BCUT2D eigenvalue weighted by molar-refractivity contribution is 5.67. The molecule has 4 nitrogen and oxygen atoms in total. The Morgan fingerprint density at radius 2 is 1.95 bits per heavy atom. The summed E-state index contributed by atoms with van der Waals surface area (Å²) in [5, 5.41) is 0. The standard InChI is InChI=1S/C18H19N3O/c1-20-14-3-5-15(6-4-14)21(2)16-7-8-17-13(12-19)9-10-22-18(17)11-16/h3-8,11,13H,9-10,12,19H2,2H3/t13-/m0/s1. The van der Waals surface area contributed by atoms with Crippen molar-refractivity contribution in [1.82, 2.24) is 0 Å². The number of nitrogens with zero attached hydrogens (tertiary/aromatic N) is 2. The molecule has 22 heavy (non-hydrogen) atoms. The molecule has 0 amide bonds. The van der Waals surface area contributed by atoms with Crippen LogP contribution in [-0.4, -0.2) is 20.2 Å².